The van der Waals surface area contributed by atoms with Gasteiger partial charge in [-0.3, -0.25) is 9.69 Å². The average molecular weight is 269 g/mol. The van der Waals surface area contributed by atoms with Gasteiger partial charge in [0.1, 0.15) is 5.54 Å². The van der Waals surface area contributed by atoms with Crippen LogP contribution in [0, 0.1) is 0 Å². The van der Waals surface area contributed by atoms with E-state index in [1.807, 2.05) is 0 Å². The molecule has 0 amide bonds. The van der Waals surface area contributed by atoms with E-state index in [0.29, 0.717) is 12.1 Å². The third-order valence-electron chi connectivity index (χ3n) is 5.17. The summed E-state index contributed by atoms with van der Waals surface area (Å²) in [5, 5.41) is 12.5. The molecule has 0 aromatic rings. The summed E-state index contributed by atoms with van der Waals surface area (Å²) in [6.45, 7) is 5.47. The number of likely N-dealkylation sites (N-methyl/N-ethyl adjacent to an activating group) is 2. The molecule has 0 spiro atoms. The molecular formula is C14H27N3O2. The number of hydrogen-bond donors (Lipinski definition) is 2. The number of hydrogen-bond acceptors (Lipinski definition) is 4. The highest BCUT2D eigenvalue weighted by Crippen LogP contribution is 2.34. The fourth-order valence-electron chi connectivity index (χ4n) is 3.60. The minimum Gasteiger partial charge on any atom is -0.480 e. The summed E-state index contributed by atoms with van der Waals surface area (Å²) in [5.74, 6) is -0.696. The lowest BCUT2D eigenvalue weighted by molar-refractivity contribution is -0.144. The maximum atomic E-state index is 11.5. The van der Waals surface area contributed by atoms with Crippen LogP contribution in [-0.2, 0) is 4.79 Å². The number of carboxylic acids is 1. The fraction of sp³-hybridized carbons (Fsp3) is 0.929. The molecule has 1 heterocycles. The van der Waals surface area contributed by atoms with Crippen molar-refractivity contribution in [2.45, 2.75) is 50.2 Å². The number of carbonyl (C=O) groups is 1. The third-order valence-corrected chi connectivity index (χ3v) is 5.17. The third kappa shape index (κ3) is 2.78. The second-order valence-corrected chi connectivity index (χ2v) is 6.07. The lowest BCUT2D eigenvalue weighted by Gasteiger charge is -2.42. The molecule has 5 heteroatoms. The summed E-state index contributed by atoms with van der Waals surface area (Å²) < 4.78 is 0. The number of aliphatic carboxylic acids is 1. The molecule has 0 radical (unpaired) electrons. The van der Waals surface area contributed by atoms with Gasteiger partial charge < -0.3 is 15.3 Å². The predicted molar refractivity (Wildman–Crippen MR) is 75.3 cm³/mol. The lowest BCUT2D eigenvalue weighted by atomic mass is 9.97. The summed E-state index contributed by atoms with van der Waals surface area (Å²) >= 11 is 0. The van der Waals surface area contributed by atoms with E-state index >= 15 is 0 Å². The molecule has 0 bridgehead atoms. The molecule has 3 unspecified atom stereocenters. The highest BCUT2D eigenvalue weighted by atomic mass is 16.4. The Morgan fingerprint density at radius 1 is 1.47 bits per heavy atom. The first-order valence-corrected chi connectivity index (χ1v) is 7.39. The van der Waals surface area contributed by atoms with Gasteiger partial charge in [0, 0.05) is 31.7 Å². The first kappa shape index (κ1) is 14.8. The van der Waals surface area contributed by atoms with E-state index in [9.17, 15) is 9.90 Å². The van der Waals surface area contributed by atoms with E-state index in [0.717, 1.165) is 45.3 Å². The molecule has 1 saturated heterocycles. The Morgan fingerprint density at radius 3 is 2.74 bits per heavy atom. The Bertz CT molecular complexity index is 337. The maximum Gasteiger partial charge on any atom is 0.323 e. The average Bonchev–Trinajstić information content (AvgIpc) is 2.85. The molecule has 0 aromatic heterocycles. The van der Waals surface area contributed by atoms with Crippen molar-refractivity contribution in [1.82, 2.24) is 15.1 Å². The van der Waals surface area contributed by atoms with Gasteiger partial charge in [-0.25, -0.2) is 0 Å². The largest absolute Gasteiger partial charge is 0.480 e. The highest BCUT2D eigenvalue weighted by molar-refractivity contribution is 5.79. The molecule has 3 atom stereocenters. The summed E-state index contributed by atoms with van der Waals surface area (Å²) in [6.07, 6.45) is 3.63. The van der Waals surface area contributed by atoms with Crippen LogP contribution in [0.1, 0.15) is 32.6 Å². The smallest absolute Gasteiger partial charge is 0.323 e. The summed E-state index contributed by atoms with van der Waals surface area (Å²) in [5.41, 5.74) is -0.699. The van der Waals surface area contributed by atoms with Crippen molar-refractivity contribution < 1.29 is 9.90 Å². The minimum absolute atomic E-state index is 0.422. The maximum absolute atomic E-state index is 11.5. The molecule has 1 aliphatic carbocycles. The Labute approximate surface area is 115 Å². The van der Waals surface area contributed by atoms with E-state index in [1.165, 1.54) is 0 Å². The van der Waals surface area contributed by atoms with Gasteiger partial charge in [-0.05, 0) is 39.8 Å². The molecule has 5 nitrogen and oxygen atoms in total. The zero-order valence-electron chi connectivity index (χ0n) is 12.4. The van der Waals surface area contributed by atoms with Crippen LogP contribution >= 0.6 is 0 Å². The monoisotopic (exact) mass is 269 g/mol. The SMILES string of the molecule is CCC1CN(C2CCC(NC)(C(=O)O)C2)CCN1C. The molecule has 2 aliphatic rings. The van der Waals surface area contributed by atoms with Gasteiger partial charge in [0.05, 0.1) is 0 Å². The van der Waals surface area contributed by atoms with Crippen LogP contribution in [0.15, 0.2) is 0 Å². The molecule has 0 aromatic carbocycles. The van der Waals surface area contributed by atoms with Gasteiger partial charge in [0.2, 0.25) is 0 Å². The number of nitrogens with one attached hydrogen (secondary N) is 1. The van der Waals surface area contributed by atoms with Crippen LogP contribution in [0.25, 0.3) is 0 Å². The standard InChI is InChI=1S/C14H27N3O2/c1-4-11-10-17(8-7-16(11)3)12-5-6-14(9-12,15-2)13(18)19/h11-12,15H,4-10H2,1-3H3,(H,18,19). The van der Waals surface area contributed by atoms with E-state index < -0.39 is 11.5 Å². The van der Waals surface area contributed by atoms with Crippen LogP contribution in [-0.4, -0.2) is 72.2 Å². The Morgan fingerprint density at radius 2 is 2.21 bits per heavy atom. The van der Waals surface area contributed by atoms with Crippen LogP contribution < -0.4 is 5.32 Å². The van der Waals surface area contributed by atoms with Gasteiger partial charge in [-0.1, -0.05) is 6.92 Å². The van der Waals surface area contributed by atoms with Crippen molar-refractivity contribution in [3.05, 3.63) is 0 Å². The summed E-state index contributed by atoms with van der Waals surface area (Å²) in [4.78, 5) is 16.4. The topological polar surface area (TPSA) is 55.8 Å². The Balaban J connectivity index is 1.99. The van der Waals surface area contributed by atoms with Gasteiger partial charge in [0.15, 0.2) is 0 Å². The van der Waals surface area contributed by atoms with E-state index in [2.05, 4.69) is 29.1 Å². The molecule has 2 fully saturated rings. The number of rotatable bonds is 4. The zero-order chi connectivity index (χ0) is 14.0. The second kappa shape index (κ2) is 5.77. The van der Waals surface area contributed by atoms with Crippen molar-refractivity contribution in [3.8, 4) is 0 Å². The predicted octanol–water partition coefficient (Wildman–Crippen LogP) is 0.608. The zero-order valence-corrected chi connectivity index (χ0v) is 12.4. The van der Waals surface area contributed by atoms with Gasteiger partial charge >= 0.3 is 5.97 Å². The first-order chi connectivity index (χ1) is 9.02. The van der Waals surface area contributed by atoms with Crippen LogP contribution in [0.5, 0.6) is 0 Å². The minimum atomic E-state index is -0.699. The Kier molecular flexibility index (Phi) is 4.48. The first-order valence-electron chi connectivity index (χ1n) is 7.39. The number of carboxylic acid groups (broad SMARTS) is 1. The van der Waals surface area contributed by atoms with Crippen LogP contribution in [0.3, 0.4) is 0 Å². The molecule has 110 valence electrons. The number of nitrogens with zero attached hydrogens (tertiary/aromatic N) is 2. The van der Waals surface area contributed by atoms with Crippen molar-refractivity contribution in [2.75, 3.05) is 33.7 Å². The van der Waals surface area contributed by atoms with E-state index in [4.69, 9.17) is 0 Å². The fourth-order valence-corrected chi connectivity index (χ4v) is 3.60. The summed E-state index contributed by atoms with van der Waals surface area (Å²) in [7, 11) is 3.96. The van der Waals surface area contributed by atoms with Crippen molar-refractivity contribution in [2.24, 2.45) is 0 Å². The van der Waals surface area contributed by atoms with Crippen molar-refractivity contribution >= 4 is 5.97 Å². The molecule has 1 saturated carbocycles. The Hall–Kier alpha value is -0.650. The highest BCUT2D eigenvalue weighted by Gasteiger charge is 2.46. The molecule has 19 heavy (non-hydrogen) atoms. The van der Waals surface area contributed by atoms with Crippen LogP contribution in [0.2, 0.25) is 0 Å². The van der Waals surface area contributed by atoms with E-state index in [1.54, 1.807) is 7.05 Å². The van der Waals surface area contributed by atoms with Crippen molar-refractivity contribution in [3.63, 3.8) is 0 Å². The van der Waals surface area contributed by atoms with Crippen LogP contribution in [0.4, 0.5) is 0 Å². The molecule has 1 aliphatic heterocycles. The van der Waals surface area contributed by atoms with Gasteiger partial charge in [-0.15, -0.1) is 0 Å². The van der Waals surface area contributed by atoms with Crippen molar-refractivity contribution in [1.29, 1.82) is 0 Å². The molecule has 2 N–H and O–H groups in total. The molecular weight excluding hydrogens is 242 g/mol. The normalized spacial score (nSPS) is 37.6. The quantitative estimate of drug-likeness (QED) is 0.783. The van der Waals surface area contributed by atoms with Gasteiger partial charge in [-0.2, -0.15) is 0 Å². The second-order valence-electron chi connectivity index (χ2n) is 6.07. The number of piperazine rings is 1. The summed E-state index contributed by atoms with van der Waals surface area (Å²) in [6, 6.07) is 1.04. The van der Waals surface area contributed by atoms with Gasteiger partial charge in [0.25, 0.3) is 0 Å². The molecule has 2 rings (SSSR count). The lowest BCUT2D eigenvalue weighted by Crippen LogP contribution is -2.55. The van der Waals surface area contributed by atoms with E-state index in [-0.39, 0.29) is 0 Å².